The Kier molecular flexibility index (Phi) is 8.65. The summed E-state index contributed by atoms with van der Waals surface area (Å²) in [5.74, 6) is 1.87. The van der Waals surface area contributed by atoms with Gasteiger partial charge in [0.25, 0.3) is 0 Å². The smallest absolute Gasteiger partial charge is 0.164 e. The maximum Gasteiger partial charge on any atom is 0.164 e. The number of fused-ring (bicyclic) bond motifs is 11. The minimum Gasteiger partial charge on any atom is -0.208 e. The molecule has 0 bridgehead atoms. The van der Waals surface area contributed by atoms with Crippen LogP contribution in [-0.2, 0) is 5.41 Å². The molecule has 0 radical (unpaired) electrons. The average molecular weight is 808 g/mol. The van der Waals surface area contributed by atoms with E-state index in [1.807, 2.05) is 23.9 Å². The zero-order valence-electron chi connectivity index (χ0n) is 33.6. The van der Waals surface area contributed by atoms with Crippen molar-refractivity contribution in [1.82, 2.24) is 15.0 Å². The van der Waals surface area contributed by atoms with Crippen LogP contribution in [0.1, 0.15) is 22.3 Å². The Hall–Kier alpha value is -7.66. The van der Waals surface area contributed by atoms with Crippen molar-refractivity contribution in [2.24, 2.45) is 0 Å². The Labute approximate surface area is 365 Å². The molecule has 3 nitrogen and oxygen atoms in total. The van der Waals surface area contributed by atoms with Crippen LogP contribution in [0.2, 0.25) is 0 Å². The Bertz CT molecular complexity index is 3190. The quantitative estimate of drug-likeness (QED) is 0.174. The van der Waals surface area contributed by atoms with Gasteiger partial charge in [-0.25, -0.2) is 15.0 Å². The van der Waals surface area contributed by atoms with Crippen molar-refractivity contribution in [3.05, 3.63) is 247 Å². The van der Waals surface area contributed by atoms with Gasteiger partial charge in [0, 0.05) is 26.5 Å². The molecule has 290 valence electrons. The van der Waals surface area contributed by atoms with Gasteiger partial charge in [0.1, 0.15) is 0 Å². The lowest BCUT2D eigenvalue weighted by atomic mass is 9.63. The van der Waals surface area contributed by atoms with Crippen LogP contribution >= 0.6 is 11.8 Å². The molecule has 12 rings (SSSR count). The molecule has 1 aliphatic carbocycles. The Morgan fingerprint density at radius 3 is 1.18 bits per heavy atom. The second kappa shape index (κ2) is 14.8. The Morgan fingerprint density at radius 2 is 0.645 bits per heavy atom. The topological polar surface area (TPSA) is 38.7 Å². The van der Waals surface area contributed by atoms with Crippen LogP contribution in [-0.4, -0.2) is 15.0 Å². The van der Waals surface area contributed by atoms with Crippen LogP contribution in [0, 0.1) is 0 Å². The Morgan fingerprint density at radius 1 is 0.258 bits per heavy atom. The second-order valence-corrected chi connectivity index (χ2v) is 17.0. The molecule has 0 unspecified atom stereocenters. The molecule has 1 aromatic heterocycles. The summed E-state index contributed by atoms with van der Waals surface area (Å²) in [6, 6.07) is 80.7. The number of hydrogen-bond acceptors (Lipinski definition) is 4. The van der Waals surface area contributed by atoms with Gasteiger partial charge in [0.05, 0.1) is 5.41 Å². The van der Waals surface area contributed by atoms with Gasteiger partial charge in [-0.3, -0.25) is 0 Å². The predicted octanol–water partition coefficient (Wildman–Crippen LogP) is 14.7. The summed E-state index contributed by atoms with van der Waals surface area (Å²) < 4.78 is 0. The molecular formula is C58H37N3S. The molecule has 0 atom stereocenters. The minimum atomic E-state index is -0.647. The molecule has 0 amide bonds. The molecule has 4 heteroatoms. The highest BCUT2D eigenvalue weighted by Crippen LogP contribution is 2.61. The Balaban J connectivity index is 1.14. The van der Waals surface area contributed by atoms with E-state index in [0.29, 0.717) is 17.5 Å². The van der Waals surface area contributed by atoms with Crippen molar-refractivity contribution >= 4 is 11.8 Å². The first-order valence-electron chi connectivity index (χ1n) is 21.0. The largest absolute Gasteiger partial charge is 0.208 e. The third-order valence-corrected chi connectivity index (χ3v) is 13.6. The molecular weight excluding hydrogens is 771 g/mol. The molecule has 2 aliphatic rings. The van der Waals surface area contributed by atoms with E-state index in [9.17, 15) is 0 Å². The van der Waals surface area contributed by atoms with Crippen molar-refractivity contribution in [3.63, 3.8) is 0 Å². The normalized spacial score (nSPS) is 12.9. The van der Waals surface area contributed by atoms with Gasteiger partial charge >= 0.3 is 0 Å². The molecule has 0 saturated carbocycles. The molecule has 2 heterocycles. The van der Waals surface area contributed by atoms with E-state index in [1.165, 1.54) is 54.3 Å². The summed E-state index contributed by atoms with van der Waals surface area (Å²) in [4.78, 5) is 18.5. The molecule has 1 aliphatic heterocycles. The van der Waals surface area contributed by atoms with E-state index < -0.39 is 5.41 Å². The van der Waals surface area contributed by atoms with Gasteiger partial charge in [-0.1, -0.05) is 206 Å². The van der Waals surface area contributed by atoms with Crippen LogP contribution in [0.4, 0.5) is 0 Å². The van der Waals surface area contributed by atoms with Gasteiger partial charge in [0.2, 0.25) is 0 Å². The van der Waals surface area contributed by atoms with Crippen molar-refractivity contribution in [3.8, 4) is 78.7 Å². The van der Waals surface area contributed by atoms with E-state index >= 15 is 0 Å². The van der Waals surface area contributed by atoms with Crippen LogP contribution in [0.15, 0.2) is 234 Å². The highest BCUT2D eigenvalue weighted by atomic mass is 32.2. The monoisotopic (exact) mass is 807 g/mol. The summed E-state index contributed by atoms with van der Waals surface area (Å²) in [5.41, 5.74) is 16.5. The SMILES string of the molecule is c1ccc(-c2cccc(-c3nc(-c4cccc(-c5ccccc5)c4)nc(-c4ccc5c(c4)C4(c6ccccc6Sc6ccccc64)c4ccccc4-c4ccccc4-5)n3)c2)cc1. The van der Waals surface area contributed by atoms with Gasteiger partial charge in [-0.2, -0.15) is 0 Å². The lowest BCUT2D eigenvalue weighted by Crippen LogP contribution is -2.34. The molecule has 0 N–H and O–H groups in total. The third kappa shape index (κ3) is 5.87. The molecule has 0 fully saturated rings. The van der Waals surface area contributed by atoms with Crippen molar-refractivity contribution in [2.75, 3.05) is 0 Å². The number of nitrogens with zero attached hydrogens (tertiary/aromatic N) is 3. The zero-order valence-corrected chi connectivity index (χ0v) is 34.4. The van der Waals surface area contributed by atoms with Crippen LogP contribution < -0.4 is 0 Å². The first kappa shape index (κ1) is 36.2. The van der Waals surface area contributed by atoms with Crippen LogP contribution in [0.25, 0.3) is 78.7 Å². The second-order valence-electron chi connectivity index (χ2n) is 15.9. The summed E-state index contributed by atoms with van der Waals surface area (Å²) in [6.45, 7) is 0. The van der Waals surface area contributed by atoms with Gasteiger partial charge in [-0.05, 0) is 97.1 Å². The first-order valence-corrected chi connectivity index (χ1v) is 21.8. The zero-order chi connectivity index (χ0) is 41.0. The maximum atomic E-state index is 5.37. The fourth-order valence-electron chi connectivity index (χ4n) is 9.65. The van der Waals surface area contributed by atoms with Crippen LogP contribution in [0.5, 0.6) is 0 Å². The third-order valence-electron chi connectivity index (χ3n) is 12.4. The van der Waals surface area contributed by atoms with Crippen LogP contribution in [0.3, 0.4) is 0 Å². The van der Waals surface area contributed by atoms with E-state index in [1.54, 1.807) is 0 Å². The highest BCUT2D eigenvalue weighted by Gasteiger charge is 2.48. The molecule has 9 aromatic carbocycles. The highest BCUT2D eigenvalue weighted by molar-refractivity contribution is 7.99. The van der Waals surface area contributed by atoms with E-state index in [0.717, 1.165) is 38.9 Å². The lowest BCUT2D eigenvalue weighted by molar-refractivity contribution is 0.708. The summed E-state index contributed by atoms with van der Waals surface area (Å²) in [7, 11) is 0. The summed E-state index contributed by atoms with van der Waals surface area (Å²) in [6.07, 6.45) is 0. The fraction of sp³-hybridized carbons (Fsp3) is 0.0172. The van der Waals surface area contributed by atoms with E-state index in [2.05, 4.69) is 212 Å². The van der Waals surface area contributed by atoms with Crippen molar-refractivity contribution < 1.29 is 0 Å². The molecule has 1 spiro atoms. The van der Waals surface area contributed by atoms with E-state index in [4.69, 9.17) is 15.0 Å². The number of rotatable bonds is 5. The van der Waals surface area contributed by atoms with Crippen molar-refractivity contribution in [2.45, 2.75) is 15.2 Å². The number of benzene rings is 9. The maximum absolute atomic E-state index is 5.37. The lowest BCUT2D eigenvalue weighted by Gasteiger charge is -2.42. The first-order chi connectivity index (χ1) is 30.7. The van der Waals surface area contributed by atoms with Gasteiger partial charge in [-0.15, -0.1) is 0 Å². The standard InChI is InChI=1S/C58H37N3S/c1-3-17-38(18-4-1)40-21-15-23-42(35-40)55-59-56(43-24-16-22-41(36-43)39-19-5-2-6-20-39)61-57(60-55)44-33-34-48-46-26-8-7-25-45(46)47-27-9-10-28-49(47)58(52(48)37-44)50-29-11-13-31-53(50)62-54-32-14-12-30-51(54)58/h1-37H. The summed E-state index contributed by atoms with van der Waals surface area (Å²) in [5, 5.41) is 0. The molecule has 62 heavy (non-hydrogen) atoms. The fourth-order valence-corrected chi connectivity index (χ4v) is 10.8. The number of hydrogen-bond donors (Lipinski definition) is 0. The average Bonchev–Trinajstić information content (AvgIpc) is 3.46. The minimum absolute atomic E-state index is 0.621. The van der Waals surface area contributed by atoms with Gasteiger partial charge < -0.3 is 0 Å². The van der Waals surface area contributed by atoms with Crippen molar-refractivity contribution in [1.29, 1.82) is 0 Å². The number of aromatic nitrogens is 3. The summed E-state index contributed by atoms with van der Waals surface area (Å²) >= 11 is 1.86. The van der Waals surface area contributed by atoms with E-state index in [-0.39, 0.29) is 0 Å². The molecule has 0 saturated heterocycles. The predicted molar refractivity (Wildman–Crippen MR) is 254 cm³/mol. The molecule has 10 aromatic rings. The van der Waals surface area contributed by atoms with Gasteiger partial charge in [0.15, 0.2) is 17.5 Å².